The van der Waals surface area contributed by atoms with Gasteiger partial charge < -0.3 is 15.5 Å². The first-order valence-corrected chi connectivity index (χ1v) is 8.92. The van der Waals surface area contributed by atoms with Crippen molar-refractivity contribution < 1.29 is 8.78 Å². The molecule has 1 saturated heterocycles. The summed E-state index contributed by atoms with van der Waals surface area (Å²) in [4.78, 5) is 10.7. The standard InChI is InChI=1S/C19H27F2N5/c1-4-6-16(18(23-9-5-2)26-12-10-22-11-13-26)25-15-7-8-17(24-14-15)19(3,20)21/h5-9,14,22,25H,4,10-13H2,1-3H3/b9-5-,16-6-,23-18-. The highest BCUT2D eigenvalue weighted by Crippen LogP contribution is 2.25. The maximum atomic E-state index is 13.3. The number of alkyl halides is 2. The lowest BCUT2D eigenvalue weighted by molar-refractivity contribution is 0.0128. The van der Waals surface area contributed by atoms with Gasteiger partial charge in [-0.1, -0.05) is 19.1 Å². The highest BCUT2D eigenvalue weighted by molar-refractivity contribution is 6.01. The Labute approximate surface area is 153 Å². The van der Waals surface area contributed by atoms with Gasteiger partial charge in [0.05, 0.1) is 17.6 Å². The molecule has 0 aliphatic carbocycles. The van der Waals surface area contributed by atoms with Crippen molar-refractivity contribution in [3.63, 3.8) is 0 Å². The molecule has 0 bridgehead atoms. The molecular weight excluding hydrogens is 336 g/mol. The summed E-state index contributed by atoms with van der Waals surface area (Å²) in [6, 6.07) is 2.97. The monoisotopic (exact) mass is 363 g/mol. The second-order valence-electron chi connectivity index (χ2n) is 6.14. The predicted octanol–water partition coefficient (Wildman–Crippen LogP) is 3.74. The summed E-state index contributed by atoms with van der Waals surface area (Å²) in [5.41, 5.74) is 1.26. The summed E-state index contributed by atoms with van der Waals surface area (Å²) >= 11 is 0. The van der Waals surface area contributed by atoms with Gasteiger partial charge >= 0.3 is 0 Å². The summed E-state index contributed by atoms with van der Waals surface area (Å²) < 4.78 is 26.7. The van der Waals surface area contributed by atoms with Gasteiger partial charge in [0.15, 0.2) is 5.84 Å². The van der Waals surface area contributed by atoms with E-state index in [0.717, 1.165) is 51.1 Å². The van der Waals surface area contributed by atoms with Gasteiger partial charge in [0.25, 0.3) is 5.92 Å². The van der Waals surface area contributed by atoms with Crippen molar-refractivity contribution in [3.8, 4) is 0 Å². The Kier molecular flexibility index (Phi) is 7.26. The van der Waals surface area contributed by atoms with Crippen molar-refractivity contribution in [1.82, 2.24) is 15.2 Å². The molecule has 26 heavy (non-hydrogen) atoms. The van der Waals surface area contributed by atoms with E-state index in [1.54, 1.807) is 12.3 Å². The largest absolute Gasteiger partial charge is 0.352 e. The minimum absolute atomic E-state index is 0.242. The second kappa shape index (κ2) is 9.43. The number of nitrogens with one attached hydrogen (secondary N) is 2. The van der Waals surface area contributed by atoms with Gasteiger partial charge in [0.1, 0.15) is 5.69 Å². The van der Waals surface area contributed by atoms with E-state index in [0.29, 0.717) is 5.69 Å². The predicted molar refractivity (Wildman–Crippen MR) is 102 cm³/mol. The number of rotatable bonds is 6. The summed E-state index contributed by atoms with van der Waals surface area (Å²) in [7, 11) is 0. The van der Waals surface area contributed by atoms with Gasteiger partial charge in [-0.2, -0.15) is 8.78 Å². The fraction of sp³-hybridized carbons (Fsp3) is 0.474. The van der Waals surface area contributed by atoms with E-state index in [1.807, 2.05) is 26.0 Å². The zero-order chi connectivity index (χ0) is 19.0. The number of aliphatic imine (C=N–C) groups is 1. The van der Waals surface area contributed by atoms with Crippen LogP contribution in [0, 0.1) is 0 Å². The number of nitrogens with zero attached hydrogens (tertiary/aromatic N) is 3. The van der Waals surface area contributed by atoms with Crippen LogP contribution in [0.1, 0.15) is 32.9 Å². The van der Waals surface area contributed by atoms with E-state index >= 15 is 0 Å². The molecule has 1 aliphatic heterocycles. The normalized spacial score (nSPS) is 17.0. The molecule has 2 rings (SSSR count). The Morgan fingerprint density at radius 2 is 2.12 bits per heavy atom. The van der Waals surface area contributed by atoms with Crippen molar-refractivity contribution in [1.29, 1.82) is 0 Å². The molecule has 5 nitrogen and oxygen atoms in total. The zero-order valence-corrected chi connectivity index (χ0v) is 15.6. The highest BCUT2D eigenvalue weighted by atomic mass is 19.3. The molecule has 7 heteroatoms. The van der Waals surface area contributed by atoms with E-state index in [1.165, 1.54) is 12.3 Å². The first-order chi connectivity index (χ1) is 12.5. The van der Waals surface area contributed by atoms with Crippen LogP contribution in [0.5, 0.6) is 0 Å². The van der Waals surface area contributed by atoms with Crippen molar-refractivity contribution in [2.75, 3.05) is 31.5 Å². The van der Waals surface area contributed by atoms with Crippen molar-refractivity contribution in [2.45, 2.75) is 33.1 Å². The van der Waals surface area contributed by atoms with Gasteiger partial charge in [-0.05, 0) is 25.5 Å². The molecule has 0 aromatic carbocycles. The highest BCUT2D eigenvalue weighted by Gasteiger charge is 2.26. The van der Waals surface area contributed by atoms with Crippen LogP contribution in [0.4, 0.5) is 14.5 Å². The topological polar surface area (TPSA) is 52.6 Å². The molecule has 142 valence electrons. The number of pyridine rings is 1. The molecular formula is C19H27F2N5. The SMILES string of the molecule is C\C=C/N=C(/C(=C/CC)Nc1ccc(C(C)(F)F)nc1)N1CCNCC1. The number of halogens is 2. The molecule has 1 aromatic rings. The van der Waals surface area contributed by atoms with E-state index < -0.39 is 5.92 Å². The van der Waals surface area contributed by atoms with Gasteiger partial charge in [-0.25, -0.2) is 4.99 Å². The number of aromatic nitrogens is 1. The van der Waals surface area contributed by atoms with Crippen LogP contribution < -0.4 is 10.6 Å². The van der Waals surface area contributed by atoms with Crippen molar-refractivity contribution in [3.05, 3.63) is 48.1 Å². The third-order valence-corrected chi connectivity index (χ3v) is 3.90. The maximum absolute atomic E-state index is 13.3. The minimum Gasteiger partial charge on any atom is -0.352 e. The van der Waals surface area contributed by atoms with E-state index in [-0.39, 0.29) is 5.69 Å². The van der Waals surface area contributed by atoms with Crippen molar-refractivity contribution >= 4 is 11.5 Å². The first-order valence-electron chi connectivity index (χ1n) is 8.92. The number of hydrogen-bond acceptors (Lipinski definition) is 4. The Hall–Kier alpha value is -2.28. The fourth-order valence-electron chi connectivity index (χ4n) is 2.63. The fourth-order valence-corrected chi connectivity index (χ4v) is 2.63. The minimum atomic E-state index is -2.94. The summed E-state index contributed by atoms with van der Waals surface area (Å²) in [5, 5.41) is 6.62. The van der Waals surface area contributed by atoms with Crippen LogP contribution >= 0.6 is 0 Å². The third kappa shape index (κ3) is 5.62. The van der Waals surface area contributed by atoms with Crippen molar-refractivity contribution in [2.24, 2.45) is 4.99 Å². The van der Waals surface area contributed by atoms with E-state index in [2.05, 4.69) is 25.5 Å². The summed E-state index contributed by atoms with van der Waals surface area (Å²) in [5.74, 6) is -2.10. The molecule has 0 atom stereocenters. The molecule has 1 fully saturated rings. The average Bonchev–Trinajstić information content (AvgIpc) is 2.63. The first kappa shape index (κ1) is 20.0. The molecule has 0 radical (unpaired) electrons. The van der Waals surface area contributed by atoms with Crippen LogP contribution in [-0.2, 0) is 5.92 Å². The zero-order valence-electron chi connectivity index (χ0n) is 15.6. The molecule has 1 aromatic heterocycles. The Bertz CT molecular complexity index is 654. The van der Waals surface area contributed by atoms with Gasteiger partial charge in [0.2, 0.25) is 0 Å². The summed E-state index contributed by atoms with van der Waals surface area (Å²) in [6.07, 6.45) is 7.95. The molecule has 0 spiro atoms. The number of amidine groups is 1. The van der Waals surface area contributed by atoms with Gasteiger partial charge in [0, 0.05) is 39.3 Å². The number of piperazine rings is 1. The summed E-state index contributed by atoms with van der Waals surface area (Å²) in [6.45, 7) is 8.33. The van der Waals surface area contributed by atoms with Crippen LogP contribution in [0.25, 0.3) is 0 Å². The van der Waals surface area contributed by atoms with Gasteiger partial charge in [-0.15, -0.1) is 0 Å². The molecule has 1 aliphatic rings. The lowest BCUT2D eigenvalue weighted by Gasteiger charge is -2.31. The van der Waals surface area contributed by atoms with Crippen LogP contribution in [0.2, 0.25) is 0 Å². The Balaban J connectivity index is 2.26. The quantitative estimate of drug-likeness (QED) is 0.597. The lowest BCUT2D eigenvalue weighted by Crippen LogP contribution is -2.47. The Morgan fingerprint density at radius 1 is 1.38 bits per heavy atom. The van der Waals surface area contributed by atoms with Crippen LogP contribution in [0.3, 0.4) is 0 Å². The third-order valence-electron chi connectivity index (χ3n) is 3.90. The smallest absolute Gasteiger partial charge is 0.286 e. The molecule has 2 heterocycles. The number of allylic oxidation sites excluding steroid dienone is 2. The molecule has 0 saturated carbocycles. The Morgan fingerprint density at radius 3 is 2.65 bits per heavy atom. The molecule has 0 amide bonds. The number of anilines is 1. The lowest BCUT2D eigenvalue weighted by atomic mass is 10.2. The molecule has 2 N–H and O–H groups in total. The van der Waals surface area contributed by atoms with Crippen LogP contribution in [-0.4, -0.2) is 41.9 Å². The molecule has 0 unspecified atom stereocenters. The average molecular weight is 363 g/mol. The van der Waals surface area contributed by atoms with E-state index in [4.69, 9.17) is 0 Å². The second-order valence-corrected chi connectivity index (χ2v) is 6.14. The van der Waals surface area contributed by atoms with Crippen LogP contribution in [0.15, 0.2) is 47.4 Å². The van der Waals surface area contributed by atoms with Gasteiger partial charge in [-0.3, -0.25) is 4.98 Å². The number of hydrogen-bond donors (Lipinski definition) is 2. The van der Waals surface area contributed by atoms with E-state index in [9.17, 15) is 8.78 Å². The maximum Gasteiger partial charge on any atom is 0.286 e.